The van der Waals surface area contributed by atoms with E-state index in [1.165, 1.54) is 30.1 Å². The summed E-state index contributed by atoms with van der Waals surface area (Å²) in [6, 6.07) is 14.6. The third-order valence-electron chi connectivity index (χ3n) is 5.69. The van der Waals surface area contributed by atoms with Gasteiger partial charge in [0.05, 0.1) is 11.4 Å². The second kappa shape index (κ2) is 10.8. The zero-order valence-electron chi connectivity index (χ0n) is 20.3. The predicted molar refractivity (Wildman–Crippen MR) is 134 cm³/mol. The number of hydrogen-bond donors (Lipinski definition) is 2. The summed E-state index contributed by atoms with van der Waals surface area (Å²) in [4.78, 5) is 39.6. The van der Waals surface area contributed by atoms with E-state index in [1.807, 2.05) is 30.3 Å². The molecular weight excluding hydrogens is 500 g/mol. The number of rotatable bonds is 8. The predicted octanol–water partition coefficient (Wildman–Crippen LogP) is 1.19. The molecule has 0 radical (unpaired) electrons. The molecule has 2 N–H and O–H groups in total. The van der Waals surface area contributed by atoms with E-state index in [1.54, 1.807) is 6.07 Å². The van der Waals surface area contributed by atoms with Crippen molar-refractivity contribution in [3.63, 3.8) is 0 Å². The first kappa shape index (κ1) is 25.9. The van der Waals surface area contributed by atoms with Gasteiger partial charge in [0.1, 0.15) is 34.0 Å². The Morgan fingerprint density at radius 2 is 1.86 bits per heavy atom. The first-order valence-electron chi connectivity index (χ1n) is 11.4. The van der Waals surface area contributed by atoms with Crippen LogP contribution in [0.3, 0.4) is 0 Å². The molecule has 11 nitrogen and oxygen atoms in total. The highest BCUT2D eigenvalue weighted by Crippen LogP contribution is 2.31. The van der Waals surface area contributed by atoms with Crippen LogP contribution in [0.15, 0.2) is 59.1 Å². The molecule has 0 saturated heterocycles. The van der Waals surface area contributed by atoms with E-state index in [0.29, 0.717) is 23.6 Å². The summed E-state index contributed by atoms with van der Waals surface area (Å²) >= 11 is 0. The Balaban J connectivity index is 1.41. The van der Waals surface area contributed by atoms with Crippen LogP contribution in [0.25, 0.3) is 0 Å². The normalized spacial score (nSPS) is 15.4. The van der Waals surface area contributed by atoms with E-state index in [2.05, 4.69) is 15.8 Å². The number of sulfone groups is 1. The third-order valence-corrected chi connectivity index (χ3v) is 6.64. The second-order valence-electron chi connectivity index (χ2n) is 8.64. The smallest absolute Gasteiger partial charge is 0.274 e. The van der Waals surface area contributed by atoms with Crippen molar-refractivity contribution in [3.05, 3.63) is 77.2 Å². The maximum atomic E-state index is 13.1. The van der Waals surface area contributed by atoms with Crippen molar-refractivity contribution in [2.24, 2.45) is 0 Å². The number of carbonyl (C=O) groups excluding carboxylic acids is 3. The van der Waals surface area contributed by atoms with Crippen LogP contribution in [-0.4, -0.2) is 69.5 Å². The van der Waals surface area contributed by atoms with Crippen LogP contribution in [0, 0.1) is 0 Å². The van der Waals surface area contributed by atoms with Crippen LogP contribution in [0.2, 0.25) is 0 Å². The standard InChI is InChI=1S/C25H26N4O7S/c1-29-21-13-17(23(30)26-10-11-37(2,33)34)8-9-22(21)35-15-20(25(29)32)27-24(31)19-14-18(36-28-19)12-16-6-4-3-5-7-16/h3-9,13-14,20H,10-12,15H2,1-2H3,(H,26,30)(H,27,31). The van der Waals surface area contributed by atoms with E-state index >= 15 is 0 Å². The van der Waals surface area contributed by atoms with Gasteiger partial charge in [-0.1, -0.05) is 35.5 Å². The number of amides is 3. The summed E-state index contributed by atoms with van der Waals surface area (Å²) in [6.45, 7) is -0.167. The van der Waals surface area contributed by atoms with E-state index in [4.69, 9.17) is 9.26 Å². The van der Waals surface area contributed by atoms with Crippen molar-refractivity contribution >= 4 is 33.2 Å². The molecule has 1 atom stereocenters. The molecule has 1 aromatic heterocycles. The largest absolute Gasteiger partial charge is 0.489 e. The van der Waals surface area contributed by atoms with Gasteiger partial charge in [-0.2, -0.15) is 0 Å². The Kier molecular flexibility index (Phi) is 7.58. The van der Waals surface area contributed by atoms with Crippen molar-refractivity contribution in [1.82, 2.24) is 15.8 Å². The summed E-state index contributed by atoms with van der Waals surface area (Å²) in [5, 5.41) is 8.99. The van der Waals surface area contributed by atoms with Crippen LogP contribution in [0.4, 0.5) is 5.69 Å². The van der Waals surface area contributed by atoms with Gasteiger partial charge in [-0.15, -0.1) is 0 Å². The summed E-state index contributed by atoms with van der Waals surface area (Å²) < 4.78 is 33.6. The van der Waals surface area contributed by atoms with Crippen LogP contribution < -0.4 is 20.3 Å². The Morgan fingerprint density at radius 3 is 2.59 bits per heavy atom. The molecular formula is C25H26N4O7S. The summed E-state index contributed by atoms with van der Waals surface area (Å²) in [5.74, 6) is -0.853. The van der Waals surface area contributed by atoms with Gasteiger partial charge in [-0.25, -0.2) is 8.42 Å². The fourth-order valence-electron chi connectivity index (χ4n) is 3.73. The molecule has 1 unspecified atom stereocenters. The number of benzene rings is 2. The van der Waals surface area contributed by atoms with Gasteiger partial charge < -0.3 is 24.8 Å². The lowest BCUT2D eigenvalue weighted by atomic mass is 10.1. The zero-order chi connectivity index (χ0) is 26.6. The zero-order valence-corrected chi connectivity index (χ0v) is 21.1. The molecule has 4 rings (SSSR count). The molecule has 0 bridgehead atoms. The number of fused-ring (bicyclic) bond motifs is 1. The van der Waals surface area contributed by atoms with Crippen molar-refractivity contribution in [1.29, 1.82) is 0 Å². The molecule has 0 saturated carbocycles. The SMILES string of the molecule is CN1C(=O)C(NC(=O)c2cc(Cc3ccccc3)on2)COc2ccc(C(=O)NCCS(C)(=O)=O)cc21. The molecule has 0 spiro atoms. The quantitative estimate of drug-likeness (QED) is 0.445. The van der Waals surface area contributed by atoms with Gasteiger partial charge in [-0.3, -0.25) is 14.4 Å². The van der Waals surface area contributed by atoms with Gasteiger partial charge in [0.15, 0.2) is 5.69 Å². The molecule has 12 heteroatoms. The number of nitrogens with one attached hydrogen (secondary N) is 2. The van der Waals surface area contributed by atoms with Crippen LogP contribution in [0.1, 0.15) is 32.2 Å². The summed E-state index contributed by atoms with van der Waals surface area (Å²) in [7, 11) is -1.71. The summed E-state index contributed by atoms with van der Waals surface area (Å²) in [6.07, 6.45) is 1.55. The second-order valence-corrected chi connectivity index (χ2v) is 10.9. The fraction of sp³-hybridized carbons (Fsp3) is 0.280. The fourth-order valence-corrected chi connectivity index (χ4v) is 4.20. The first-order chi connectivity index (χ1) is 17.6. The molecule has 37 heavy (non-hydrogen) atoms. The molecule has 0 fully saturated rings. The van der Waals surface area contributed by atoms with Gasteiger partial charge in [0.2, 0.25) is 0 Å². The Morgan fingerprint density at radius 1 is 1.11 bits per heavy atom. The van der Waals surface area contributed by atoms with E-state index in [-0.39, 0.29) is 30.2 Å². The maximum Gasteiger partial charge on any atom is 0.274 e. The van der Waals surface area contributed by atoms with Crippen LogP contribution >= 0.6 is 0 Å². The number of anilines is 1. The van der Waals surface area contributed by atoms with Crippen LogP contribution in [-0.2, 0) is 21.1 Å². The molecule has 1 aliphatic heterocycles. The van der Waals surface area contributed by atoms with Gasteiger partial charge in [0.25, 0.3) is 17.7 Å². The number of carbonyl (C=O) groups is 3. The van der Waals surface area contributed by atoms with Crippen molar-refractivity contribution in [2.45, 2.75) is 12.5 Å². The highest BCUT2D eigenvalue weighted by Gasteiger charge is 2.32. The van der Waals surface area contributed by atoms with Crippen molar-refractivity contribution < 1.29 is 32.1 Å². The van der Waals surface area contributed by atoms with Crippen molar-refractivity contribution in [2.75, 3.05) is 37.1 Å². The molecule has 2 heterocycles. The lowest BCUT2D eigenvalue weighted by Crippen LogP contribution is -2.49. The summed E-state index contributed by atoms with van der Waals surface area (Å²) in [5.41, 5.74) is 1.60. The maximum absolute atomic E-state index is 13.1. The van der Waals surface area contributed by atoms with Gasteiger partial charge >= 0.3 is 0 Å². The van der Waals surface area contributed by atoms with Gasteiger partial charge in [-0.05, 0) is 23.8 Å². The lowest BCUT2D eigenvalue weighted by molar-refractivity contribution is -0.120. The number of likely N-dealkylation sites (N-methyl/N-ethyl adjacent to an activating group) is 1. The minimum atomic E-state index is -3.22. The average Bonchev–Trinajstić information content (AvgIpc) is 3.29. The molecule has 3 aromatic rings. The van der Waals surface area contributed by atoms with Gasteiger partial charge in [0, 0.05) is 37.9 Å². The monoisotopic (exact) mass is 526 g/mol. The number of ether oxygens (including phenoxy) is 1. The molecule has 0 aliphatic carbocycles. The molecule has 1 aliphatic rings. The minimum Gasteiger partial charge on any atom is -0.489 e. The topological polar surface area (TPSA) is 148 Å². The van der Waals surface area contributed by atoms with Crippen LogP contribution in [0.5, 0.6) is 5.75 Å². The number of aromatic nitrogens is 1. The lowest BCUT2D eigenvalue weighted by Gasteiger charge is -2.20. The Bertz CT molecular complexity index is 1420. The van der Waals surface area contributed by atoms with E-state index in [0.717, 1.165) is 11.8 Å². The molecule has 2 aromatic carbocycles. The number of hydrogen-bond acceptors (Lipinski definition) is 8. The first-order valence-corrected chi connectivity index (χ1v) is 13.5. The molecule has 194 valence electrons. The highest BCUT2D eigenvalue weighted by molar-refractivity contribution is 7.90. The Hall–Kier alpha value is -4.19. The van der Waals surface area contributed by atoms with Crippen molar-refractivity contribution in [3.8, 4) is 5.75 Å². The minimum absolute atomic E-state index is 0.0381. The Labute approximate surface area is 213 Å². The third kappa shape index (κ3) is 6.53. The number of nitrogens with zero attached hydrogens (tertiary/aromatic N) is 2. The average molecular weight is 527 g/mol. The van der Waals surface area contributed by atoms with E-state index in [9.17, 15) is 22.8 Å². The highest BCUT2D eigenvalue weighted by atomic mass is 32.2. The molecule has 3 amide bonds. The van der Waals surface area contributed by atoms with E-state index < -0.39 is 33.6 Å².